The zero-order chi connectivity index (χ0) is 8.53. The van der Waals surface area contributed by atoms with Gasteiger partial charge in [0.05, 0.1) is 9.68 Å². The van der Waals surface area contributed by atoms with Crippen molar-refractivity contribution in [3.63, 3.8) is 0 Å². The third kappa shape index (κ3) is 5.82. The Bertz CT molecular complexity index is 122. The van der Waals surface area contributed by atoms with Gasteiger partial charge in [0.25, 0.3) is 0 Å². The van der Waals surface area contributed by atoms with E-state index in [9.17, 15) is 0 Å². The van der Waals surface area contributed by atoms with E-state index in [4.69, 9.17) is 0 Å². The normalized spacial score (nSPS) is 10.6. The molecule has 0 spiro atoms. The van der Waals surface area contributed by atoms with Gasteiger partial charge in [-0.05, 0) is 6.04 Å². The van der Waals surface area contributed by atoms with Gasteiger partial charge in [0.15, 0.2) is 0 Å². The maximum absolute atomic E-state index is 3.71. The summed E-state index contributed by atoms with van der Waals surface area (Å²) >= 11 is 0. The molecule has 62 valence electrons. The molecule has 0 amide bonds. The Morgan fingerprint density at radius 1 is 1.00 bits per heavy atom. The summed E-state index contributed by atoms with van der Waals surface area (Å²) in [6, 6.07) is 1.17. The molecule has 2 heteroatoms. The highest BCUT2D eigenvalue weighted by Crippen LogP contribution is 1.90. The van der Waals surface area contributed by atoms with Crippen molar-refractivity contribution in [3.8, 4) is 0 Å². The molecule has 0 saturated carbocycles. The standard InChI is InChI=1S/C9H17NSi/c1-4-7-10(8-5-2)11-9-6-3/h4-6H,1-3,7-9,11H2. The molecular formula is C9H17NSi. The van der Waals surface area contributed by atoms with Crippen molar-refractivity contribution < 1.29 is 0 Å². The second-order valence-electron chi connectivity index (χ2n) is 2.41. The second kappa shape index (κ2) is 7.50. The van der Waals surface area contributed by atoms with Gasteiger partial charge < -0.3 is 4.57 Å². The molecule has 0 aromatic heterocycles. The van der Waals surface area contributed by atoms with Crippen LogP contribution < -0.4 is 0 Å². The summed E-state index contributed by atoms with van der Waals surface area (Å²) < 4.78 is 2.40. The van der Waals surface area contributed by atoms with Crippen molar-refractivity contribution in [3.05, 3.63) is 38.0 Å². The van der Waals surface area contributed by atoms with Crippen LogP contribution in [0.2, 0.25) is 6.04 Å². The fourth-order valence-electron chi connectivity index (χ4n) is 0.896. The van der Waals surface area contributed by atoms with E-state index in [1.807, 2.05) is 18.2 Å². The van der Waals surface area contributed by atoms with Gasteiger partial charge in [-0.15, -0.1) is 19.7 Å². The number of hydrogen-bond acceptors (Lipinski definition) is 1. The molecule has 0 fully saturated rings. The monoisotopic (exact) mass is 167 g/mol. The molecule has 0 rings (SSSR count). The molecule has 0 atom stereocenters. The minimum Gasteiger partial charge on any atom is -0.322 e. The molecule has 11 heavy (non-hydrogen) atoms. The average molecular weight is 167 g/mol. The molecule has 0 saturated heterocycles. The van der Waals surface area contributed by atoms with E-state index in [2.05, 4.69) is 24.3 Å². The first-order chi connectivity index (χ1) is 5.35. The first-order valence-corrected chi connectivity index (χ1v) is 5.53. The first-order valence-electron chi connectivity index (χ1n) is 3.90. The Morgan fingerprint density at radius 3 is 1.91 bits per heavy atom. The lowest BCUT2D eigenvalue weighted by molar-refractivity contribution is 0.545. The average Bonchev–Trinajstić information content (AvgIpc) is 2.01. The topological polar surface area (TPSA) is 3.24 Å². The van der Waals surface area contributed by atoms with Crippen LogP contribution in [0.25, 0.3) is 0 Å². The molecule has 0 aliphatic heterocycles. The highest BCUT2D eigenvalue weighted by Gasteiger charge is 1.97. The van der Waals surface area contributed by atoms with Crippen LogP contribution >= 0.6 is 0 Å². The molecule has 0 aliphatic rings. The molecule has 0 aromatic rings. The fourth-order valence-corrected chi connectivity index (χ4v) is 2.17. The Balaban J connectivity index is 3.57. The van der Waals surface area contributed by atoms with E-state index in [0.29, 0.717) is 0 Å². The largest absolute Gasteiger partial charge is 0.322 e. The van der Waals surface area contributed by atoms with Crippen LogP contribution in [0.4, 0.5) is 0 Å². The summed E-state index contributed by atoms with van der Waals surface area (Å²) in [6.45, 7) is 13.1. The van der Waals surface area contributed by atoms with Crippen molar-refractivity contribution in [2.45, 2.75) is 6.04 Å². The summed E-state index contributed by atoms with van der Waals surface area (Å²) in [7, 11) is -0.124. The van der Waals surface area contributed by atoms with Crippen molar-refractivity contribution >= 4 is 9.68 Å². The van der Waals surface area contributed by atoms with Crippen LogP contribution in [0.1, 0.15) is 0 Å². The molecule has 0 aromatic carbocycles. The van der Waals surface area contributed by atoms with Gasteiger partial charge in [-0.1, -0.05) is 18.2 Å². The van der Waals surface area contributed by atoms with Gasteiger partial charge in [0.1, 0.15) is 0 Å². The molecule has 0 aliphatic carbocycles. The maximum Gasteiger partial charge on any atom is 0.0995 e. The lowest BCUT2D eigenvalue weighted by Gasteiger charge is -2.16. The van der Waals surface area contributed by atoms with Crippen molar-refractivity contribution in [1.29, 1.82) is 0 Å². The van der Waals surface area contributed by atoms with Crippen LogP contribution in [0.5, 0.6) is 0 Å². The molecule has 0 bridgehead atoms. The fraction of sp³-hybridized carbons (Fsp3) is 0.333. The molecule has 0 unspecified atom stereocenters. The SMILES string of the molecule is C=CC[SiH2]N(CC=C)CC=C. The summed E-state index contributed by atoms with van der Waals surface area (Å²) in [5, 5.41) is 0. The third-order valence-corrected chi connectivity index (χ3v) is 3.24. The van der Waals surface area contributed by atoms with E-state index in [1.54, 1.807) is 0 Å². The highest BCUT2D eigenvalue weighted by molar-refractivity contribution is 6.32. The quantitative estimate of drug-likeness (QED) is 0.409. The van der Waals surface area contributed by atoms with Gasteiger partial charge in [-0.2, -0.15) is 0 Å². The molecule has 0 heterocycles. The van der Waals surface area contributed by atoms with Crippen LogP contribution in [0, 0.1) is 0 Å². The van der Waals surface area contributed by atoms with Crippen LogP contribution in [-0.4, -0.2) is 27.3 Å². The Morgan fingerprint density at radius 2 is 1.55 bits per heavy atom. The number of allylic oxidation sites excluding steroid dienone is 1. The third-order valence-electron chi connectivity index (χ3n) is 1.42. The predicted molar refractivity (Wildman–Crippen MR) is 55.5 cm³/mol. The van der Waals surface area contributed by atoms with Gasteiger partial charge in [-0.25, -0.2) is 0 Å². The van der Waals surface area contributed by atoms with E-state index in [-0.39, 0.29) is 9.68 Å². The zero-order valence-corrected chi connectivity index (χ0v) is 8.54. The van der Waals surface area contributed by atoms with Crippen molar-refractivity contribution in [2.75, 3.05) is 13.1 Å². The summed E-state index contributed by atoms with van der Waals surface area (Å²) in [5.41, 5.74) is 0. The smallest absolute Gasteiger partial charge is 0.0995 e. The van der Waals surface area contributed by atoms with Crippen LogP contribution in [0.3, 0.4) is 0 Å². The van der Waals surface area contributed by atoms with E-state index < -0.39 is 0 Å². The van der Waals surface area contributed by atoms with Crippen LogP contribution in [-0.2, 0) is 0 Å². The summed E-state index contributed by atoms with van der Waals surface area (Å²) in [5.74, 6) is 0. The number of hydrogen-bond donors (Lipinski definition) is 0. The lowest BCUT2D eigenvalue weighted by atomic mass is 10.5. The maximum atomic E-state index is 3.71. The minimum atomic E-state index is -0.124. The van der Waals surface area contributed by atoms with Gasteiger partial charge in [0, 0.05) is 13.1 Å². The molecular weight excluding hydrogens is 150 g/mol. The first kappa shape index (κ1) is 10.4. The Labute approximate surface area is 72.0 Å². The molecule has 1 nitrogen and oxygen atoms in total. The second-order valence-corrected chi connectivity index (χ2v) is 4.33. The number of nitrogens with zero attached hydrogens (tertiary/aromatic N) is 1. The Hall–Kier alpha value is -0.603. The summed E-state index contributed by atoms with van der Waals surface area (Å²) in [4.78, 5) is 0. The van der Waals surface area contributed by atoms with Gasteiger partial charge >= 0.3 is 0 Å². The lowest BCUT2D eigenvalue weighted by Crippen LogP contribution is -2.27. The Kier molecular flexibility index (Phi) is 7.09. The van der Waals surface area contributed by atoms with Crippen LogP contribution in [0.15, 0.2) is 38.0 Å². The van der Waals surface area contributed by atoms with Gasteiger partial charge in [0.2, 0.25) is 0 Å². The van der Waals surface area contributed by atoms with Crippen molar-refractivity contribution in [1.82, 2.24) is 4.57 Å². The number of rotatable bonds is 7. The minimum absolute atomic E-state index is 0.124. The van der Waals surface area contributed by atoms with E-state index in [1.165, 1.54) is 6.04 Å². The van der Waals surface area contributed by atoms with E-state index >= 15 is 0 Å². The van der Waals surface area contributed by atoms with Gasteiger partial charge in [-0.3, -0.25) is 0 Å². The molecule has 0 radical (unpaired) electrons. The summed E-state index contributed by atoms with van der Waals surface area (Å²) in [6.07, 6.45) is 5.88. The van der Waals surface area contributed by atoms with E-state index in [0.717, 1.165) is 13.1 Å². The highest BCUT2D eigenvalue weighted by atomic mass is 28.2. The zero-order valence-electron chi connectivity index (χ0n) is 7.13. The van der Waals surface area contributed by atoms with Crippen molar-refractivity contribution in [2.24, 2.45) is 0 Å². The predicted octanol–water partition coefficient (Wildman–Crippen LogP) is 1.35. The molecule has 0 N–H and O–H groups in total.